The first kappa shape index (κ1) is 19.8. The van der Waals surface area contributed by atoms with E-state index >= 15 is 0 Å². The Morgan fingerprint density at radius 2 is 1.79 bits per heavy atom. The van der Waals surface area contributed by atoms with Gasteiger partial charge in [-0.05, 0) is 31.2 Å². The third-order valence-electron chi connectivity index (χ3n) is 4.99. The number of ether oxygens (including phenoxy) is 1. The third-order valence-corrected chi connectivity index (χ3v) is 6.01. The highest BCUT2D eigenvalue weighted by Gasteiger charge is 2.20. The Hall–Kier alpha value is -2.48. The second kappa shape index (κ2) is 9.35. The molecule has 6 nitrogen and oxygen atoms in total. The summed E-state index contributed by atoms with van der Waals surface area (Å²) in [4.78, 5) is 21.8. The highest BCUT2D eigenvalue weighted by atomic mass is 32.1. The fourth-order valence-electron chi connectivity index (χ4n) is 3.53. The van der Waals surface area contributed by atoms with Gasteiger partial charge in [-0.3, -0.25) is 14.6 Å². The summed E-state index contributed by atoms with van der Waals surface area (Å²) in [6.07, 6.45) is 0. The minimum Gasteiger partial charge on any atom is -0.492 e. The standard InChI is InChI=1S/C22H26N4O2S/c1-2-28-19-9-5-3-7-17(19)23-21(27)15-25-11-13-26(14-12-25)16-22-24-18-8-4-6-10-20(18)29-22/h3-10H,2,11-16H2,1H3,(H,23,27). The lowest BCUT2D eigenvalue weighted by Gasteiger charge is -2.33. The van der Waals surface area contributed by atoms with Crippen LogP contribution in [0.5, 0.6) is 5.75 Å². The van der Waals surface area contributed by atoms with Crippen LogP contribution in [-0.4, -0.2) is 60.0 Å². The van der Waals surface area contributed by atoms with Crippen LogP contribution < -0.4 is 10.1 Å². The molecule has 152 valence electrons. The minimum absolute atomic E-state index is 0.00299. The largest absolute Gasteiger partial charge is 0.492 e. The van der Waals surface area contributed by atoms with Crippen LogP contribution in [0.25, 0.3) is 10.2 Å². The number of aromatic nitrogens is 1. The summed E-state index contributed by atoms with van der Waals surface area (Å²) in [7, 11) is 0. The summed E-state index contributed by atoms with van der Waals surface area (Å²) >= 11 is 1.77. The van der Waals surface area contributed by atoms with Crippen molar-refractivity contribution in [3.05, 3.63) is 53.5 Å². The molecular weight excluding hydrogens is 384 g/mol. The Morgan fingerprint density at radius 1 is 1.07 bits per heavy atom. The number of benzene rings is 2. The molecule has 1 amide bonds. The van der Waals surface area contributed by atoms with Crippen molar-refractivity contribution in [2.24, 2.45) is 0 Å². The van der Waals surface area contributed by atoms with E-state index in [1.54, 1.807) is 11.3 Å². The van der Waals surface area contributed by atoms with E-state index < -0.39 is 0 Å². The molecular formula is C22H26N4O2S. The molecule has 4 rings (SSSR count). The maximum absolute atomic E-state index is 12.5. The lowest BCUT2D eigenvalue weighted by Crippen LogP contribution is -2.48. The van der Waals surface area contributed by atoms with E-state index in [1.165, 1.54) is 4.70 Å². The molecule has 3 aromatic rings. The molecule has 1 N–H and O–H groups in total. The maximum Gasteiger partial charge on any atom is 0.238 e. The number of nitrogens with zero attached hydrogens (tertiary/aromatic N) is 3. The van der Waals surface area contributed by atoms with Crippen molar-refractivity contribution in [3.8, 4) is 5.75 Å². The van der Waals surface area contributed by atoms with Crippen LogP contribution in [0.15, 0.2) is 48.5 Å². The summed E-state index contributed by atoms with van der Waals surface area (Å²) in [5, 5.41) is 4.14. The van der Waals surface area contributed by atoms with E-state index in [0.29, 0.717) is 18.9 Å². The topological polar surface area (TPSA) is 57.7 Å². The van der Waals surface area contributed by atoms with Gasteiger partial charge in [0.1, 0.15) is 10.8 Å². The van der Waals surface area contributed by atoms with Gasteiger partial charge in [-0.15, -0.1) is 11.3 Å². The molecule has 0 saturated carbocycles. The SMILES string of the molecule is CCOc1ccccc1NC(=O)CN1CCN(Cc2nc3ccccc3s2)CC1. The Morgan fingerprint density at radius 3 is 2.59 bits per heavy atom. The van der Waals surface area contributed by atoms with Gasteiger partial charge in [-0.2, -0.15) is 0 Å². The number of piperazine rings is 1. The minimum atomic E-state index is -0.00299. The van der Waals surface area contributed by atoms with Gasteiger partial charge in [0, 0.05) is 26.2 Å². The summed E-state index contributed by atoms with van der Waals surface area (Å²) in [5.41, 5.74) is 1.81. The number of amides is 1. The highest BCUT2D eigenvalue weighted by molar-refractivity contribution is 7.18. The van der Waals surface area contributed by atoms with Gasteiger partial charge in [-0.1, -0.05) is 24.3 Å². The molecule has 0 aliphatic carbocycles. The first-order valence-corrected chi connectivity index (χ1v) is 10.8. The highest BCUT2D eigenvalue weighted by Crippen LogP contribution is 2.24. The number of carbonyl (C=O) groups excluding carboxylic acids is 1. The summed E-state index contributed by atoms with van der Waals surface area (Å²) in [5.74, 6) is 0.709. The number of hydrogen-bond acceptors (Lipinski definition) is 6. The molecule has 1 fully saturated rings. The van der Waals surface area contributed by atoms with Gasteiger partial charge in [0.05, 0.1) is 35.6 Å². The van der Waals surface area contributed by atoms with Crippen LogP contribution in [0.1, 0.15) is 11.9 Å². The Kier molecular flexibility index (Phi) is 6.39. The monoisotopic (exact) mass is 410 g/mol. The maximum atomic E-state index is 12.5. The summed E-state index contributed by atoms with van der Waals surface area (Å²) in [6.45, 7) is 7.43. The average molecular weight is 411 g/mol. The number of anilines is 1. The van der Waals surface area contributed by atoms with E-state index in [1.807, 2.05) is 37.3 Å². The molecule has 2 heterocycles. The van der Waals surface area contributed by atoms with Crippen molar-refractivity contribution in [3.63, 3.8) is 0 Å². The van der Waals surface area contributed by atoms with Crippen molar-refractivity contribution >= 4 is 33.1 Å². The van der Waals surface area contributed by atoms with Crippen LogP contribution >= 0.6 is 11.3 Å². The van der Waals surface area contributed by atoms with Crippen molar-refractivity contribution < 1.29 is 9.53 Å². The zero-order valence-corrected chi connectivity index (χ0v) is 17.5. The van der Waals surface area contributed by atoms with E-state index in [9.17, 15) is 4.79 Å². The summed E-state index contributed by atoms with van der Waals surface area (Å²) in [6, 6.07) is 15.8. The Bertz CT molecular complexity index is 933. The molecule has 0 radical (unpaired) electrons. The number of para-hydroxylation sites is 3. The fourth-order valence-corrected chi connectivity index (χ4v) is 4.54. The molecule has 0 unspecified atom stereocenters. The molecule has 1 aromatic heterocycles. The number of thiazole rings is 1. The number of hydrogen-bond donors (Lipinski definition) is 1. The zero-order valence-electron chi connectivity index (χ0n) is 16.6. The van der Waals surface area contributed by atoms with Crippen LogP contribution in [-0.2, 0) is 11.3 Å². The zero-order chi connectivity index (χ0) is 20.1. The molecule has 1 aliphatic heterocycles. The molecule has 0 spiro atoms. The van der Waals surface area contributed by atoms with E-state index in [-0.39, 0.29) is 5.91 Å². The average Bonchev–Trinajstić information content (AvgIpc) is 3.13. The molecule has 2 aromatic carbocycles. The summed E-state index contributed by atoms with van der Waals surface area (Å²) < 4.78 is 6.82. The molecule has 29 heavy (non-hydrogen) atoms. The van der Waals surface area contributed by atoms with Gasteiger partial charge in [0.15, 0.2) is 0 Å². The smallest absolute Gasteiger partial charge is 0.238 e. The second-order valence-corrected chi connectivity index (χ2v) is 8.22. The predicted octanol–water partition coefficient (Wildman–Crippen LogP) is 3.45. The Balaban J connectivity index is 1.26. The van der Waals surface area contributed by atoms with Crippen molar-refractivity contribution in [2.45, 2.75) is 13.5 Å². The fraction of sp³-hybridized carbons (Fsp3) is 0.364. The quantitative estimate of drug-likeness (QED) is 0.647. The van der Waals surface area contributed by atoms with E-state index in [0.717, 1.165) is 48.9 Å². The lowest BCUT2D eigenvalue weighted by atomic mass is 10.2. The van der Waals surface area contributed by atoms with Crippen LogP contribution in [0.4, 0.5) is 5.69 Å². The number of fused-ring (bicyclic) bond motifs is 1. The first-order chi connectivity index (χ1) is 14.2. The molecule has 1 aliphatic rings. The van der Waals surface area contributed by atoms with Crippen molar-refractivity contribution in [1.82, 2.24) is 14.8 Å². The van der Waals surface area contributed by atoms with Gasteiger partial charge in [-0.25, -0.2) is 4.98 Å². The van der Waals surface area contributed by atoms with Gasteiger partial charge in [0.2, 0.25) is 5.91 Å². The molecule has 0 atom stereocenters. The molecule has 0 bridgehead atoms. The molecule has 1 saturated heterocycles. The first-order valence-electron chi connectivity index (χ1n) is 10.0. The number of nitrogens with one attached hydrogen (secondary N) is 1. The van der Waals surface area contributed by atoms with Crippen molar-refractivity contribution in [2.75, 3.05) is 44.6 Å². The molecule has 7 heteroatoms. The van der Waals surface area contributed by atoms with Crippen molar-refractivity contribution in [1.29, 1.82) is 0 Å². The predicted molar refractivity (Wildman–Crippen MR) is 118 cm³/mol. The third kappa shape index (κ3) is 5.12. The number of carbonyl (C=O) groups is 1. The van der Waals surface area contributed by atoms with E-state index in [4.69, 9.17) is 9.72 Å². The van der Waals surface area contributed by atoms with E-state index in [2.05, 4.69) is 33.3 Å². The second-order valence-electron chi connectivity index (χ2n) is 7.10. The number of rotatable bonds is 7. The lowest BCUT2D eigenvalue weighted by molar-refractivity contribution is -0.117. The van der Waals surface area contributed by atoms with Gasteiger partial charge in [0.25, 0.3) is 0 Å². The normalized spacial score (nSPS) is 15.5. The van der Waals surface area contributed by atoms with Crippen LogP contribution in [0.3, 0.4) is 0 Å². The van der Waals surface area contributed by atoms with Gasteiger partial charge >= 0.3 is 0 Å². The van der Waals surface area contributed by atoms with Gasteiger partial charge < -0.3 is 10.1 Å². The van der Waals surface area contributed by atoms with Crippen LogP contribution in [0.2, 0.25) is 0 Å². The Labute approximate surface area is 175 Å². The van der Waals surface area contributed by atoms with Crippen LogP contribution in [0, 0.1) is 0 Å².